The van der Waals surface area contributed by atoms with E-state index < -0.39 is 23.5 Å². The van der Waals surface area contributed by atoms with Crippen LogP contribution in [0.5, 0.6) is 0 Å². The number of carboxylic acids is 1. The second-order valence-corrected chi connectivity index (χ2v) is 4.43. The van der Waals surface area contributed by atoms with Crippen molar-refractivity contribution in [3.05, 3.63) is 29.2 Å². The van der Waals surface area contributed by atoms with Gasteiger partial charge in [-0.1, -0.05) is 0 Å². The van der Waals surface area contributed by atoms with Crippen LogP contribution in [-0.2, 0) is 6.18 Å². The lowest BCUT2D eigenvalue weighted by Crippen LogP contribution is -2.23. The van der Waals surface area contributed by atoms with E-state index in [4.69, 9.17) is 0 Å². The van der Waals surface area contributed by atoms with Gasteiger partial charge in [0.25, 0.3) is 0 Å². The average molecular weight is 270 g/mol. The van der Waals surface area contributed by atoms with Crippen LogP contribution in [0.4, 0.5) is 13.2 Å². The predicted octanol–water partition coefficient (Wildman–Crippen LogP) is 0.989. The van der Waals surface area contributed by atoms with Gasteiger partial charge in [0, 0.05) is 17.7 Å². The van der Waals surface area contributed by atoms with E-state index in [9.17, 15) is 23.1 Å². The third-order valence-corrected chi connectivity index (χ3v) is 2.94. The van der Waals surface area contributed by atoms with E-state index in [0.29, 0.717) is 10.2 Å². The molecule has 1 aliphatic carbocycles. The quantitative estimate of drug-likeness (QED) is 0.815. The molecule has 0 N–H and O–H groups in total. The zero-order valence-electron chi connectivity index (χ0n) is 9.44. The lowest BCUT2D eigenvalue weighted by molar-refractivity contribution is -0.255. The number of hydrogen-bond donors (Lipinski definition) is 0. The van der Waals surface area contributed by atoms with Gasteiger partial charge in [-0.2, -0.15) is 18.3 Å². The number of hydrogen-bond acceptors (Lipinski definition) is 4. The highest BCUT2D eigenvalue weighted by molar-refractivity contribution is 5.84. The van der Waals surface area contributed by atoms with Crippen LogP contribution in [0, 0.1) is 0 Å². The van der Waals surface area contributed by atoms with Crippen molar-refractivity contribution in [3.63, 3.8) is 0 Å². The molecule has 0 atom stereocenters. The van der Waals surface area contributed by atoms with Crippen LogP contribution in [0.2, 0.25) is 0 Å². The first-order valence-electron chi connectivity index (χ1n) is 5.55. The third-order valence-electron chi connectivity index (χ3n) is 2.94. The van der Waals surface area contributed by atoms with Crippen molar-refractivity contribution < 1.29 is 23.1 Å². The van der Waals surface area contributed by atoms with Gasteiger partial charge in [-0.3, -0.25) is 0 Å². The first-order valence-corrected chi connectivity index (χ1v) is 5.55. The van der Waals surface area contributed by atoms with E-state index in [1.165, 1.54) is 0 Å². The zero-order valence-corrected chi connectivity index (χ0v) is 9.44. The Morgan fingerprint density at radius 2 is 2.05 bits per heavy atom. The molecule has 0 radical (unpaired) electrons. The second-order valence-electron chi connectivity index (χ2n) is 4.43. The average Bonchev–Trinajstić information content (AvgIpc) is 3.05. The largest absolute Gasteiger partial charge is 0.543 e. The standard InChI is InChI=1S/C11H8F3N3O2/c12-11(13,14)8-3-6(5-1-2-5)15-9-4-7(10(18)19)16-17(8)9/h3-5H,1-2H2,(H,18,19)/p-1. The number of carboxylic acid groups (broad SMARTS) is 1. The number of aromatic nitrogens is 3. The minimum atomic E-state index is -4.62. The number of aromatic carboxylic acids is 1. The molecule has 2 heterocycles. The summed E-state index contributed by atoms with van der Waals surface area (Å²) in [6.07, 6.45) is -3.04. The number of halogens is 3. The van der Waals surface area contributed by atoms with Crippen molar-refractivity contribution in [1.29, 1.82) is 0 Å². The van der Waals surface area contributed by atoms with Crippen molar-refractivity contribution in [2.75, 3.05) is 0 Å². The molecule has 0 saturated heterocycles. The first kappa shape index (κ1) is 11.9. The molecule has 0 amide bonds. The minimum absolute atomic E-state index is 0.0207. The summed E-state index contributed by atoms with van der Waals surface area (Å²) in [6.45, 7) is 0. The molecule has 19 heavy (non-hydrogen) atoms. The van der Waals surface area contributed by atoms with Crippen molar-refractivity contribution in [2.45, 2.75) is 24.9 Å². The van der Waals surface area contributed by atoms with Crippen LogP contribution >= 0.6 is 0 Å². The molecule has 0 aliphatic heterocycles. The van der Waals surface area contributed by atoms with E-state index in [0.717, 1.165) is 25.0 Å². The Balaban J connectivity index is 2.27. The number of alkyl halides is 3. The molecule has 100 valence electrons. The maximum absolute atomic E-state index is 12.9. The van der Waals surface area contributed by atoms with Crippen molar-refractivity contribution >= 4 is 11.6 Å². The highest BCUT2D eigenvalue weighted by Gasteiger charge is 2.37. The summed E-state index contributed by atoms with van der Waals surface area (Å²) in [6, 6.07) is 1.91. The molecule has 0 bridgehead atoms. The summed E-state index contributed by atoms with van der Waals surface area (Å²) < 4.78 is 39.3. The van der Waals surface area contributed by atoms with Crippen LogP contribution in [0.25, 0.3) is 5.65 Å². The lowest BCUT2D eigenvalue weighted by atomic mass is 10.2. The Labute approximate surface area is 104 Å². The molecule has 5 nitrogen and oxygen atoms in total. The second kappa shape index (κ2) is 3.69. The first-order chi connectivity index (χ1) is 8.86. The van der Waals surface area contributed by atoms with Crippen molar-refractivity contribution in [2.24, 2.45) is 0 Å². The molecular weight excluding hydrogens is 263 g/mol. The van der Waals surface area contributed by atoms with Gasteiger partial charge in [0.05, 0.1) is 5.97 Å². The number of nitrogens with zero attached hydrogens (tertiary/aromatic N) is 3. The van der Waals surface area contributed by atoms with Crippen LogP contribution in [-0.4, -0.2) is 20.6 Å². The Morgan fingerprint density at radius 1 is 1.37 bits per heavy atom. The molecule has 2 aromatic heterocycles. The van der Waals surface area contributed by atoms with E-state index in [1.807, 2.05) is 0 Å². The maximum atomic E-state index is 12.9. The Kier molecular flexibility index (Phi) is 2.32. The Bertz CT molecular complexity index is 674. The lowest BCUT2D eigenvalue weighted by Gasteiger charge is -2.10. The van der Waals surface area contributed by atoms with Gasteiger partial charge in [0.15, 0.2) is 5.65 Å². The summed E-state index contributed by atoms with van der Waals surface area (Å²) in [5.41, 5.74) is -1.39. The van der Waals surface area contributed by atoms with E-state index in [-0.39, 0.29) is 11.6 Å². The van der Waals surface area contributed by atoms with Gasteiger partial charge < -0.3 is 9.90 Å². The van der Waals surface area contributed by atoms with Crippen molar-refractivity contribution in [1.82, 2.24) is 14.6 Å². The molecule has 2 aromatic rings. The van der Waals surface area contributed by atoms with E-state index >= 15 is 0 Å². The van der Waals surface area contributed by atoms with E-state index in [2.05, 4.69) is 10.1 Å². The Hall–Kier alpha value is -2.12. The van der Waals surface area contributed by atoms with Gasteiger partial charge in [-0.05, 0) is 18.9 Å². The molecule has 1 fully saturated rings. The van der Waals surface area contributed by atoms with Crippen LogP contribution < -0.4 is 5.11 Å². The number of carbonyl (C=O) groups excluding carboxylic acids is 1. The zero-order chi connectivity index (χ0) is 13.8. The van der Waals surface area contributed by atoms with Gasteiger partial charge in [-0.15, -0.1) is 0 Å². The van der Waals surface area contributed by atoms with E-state index in [1.54, 1.807) is 0 Å². The SMILES string of the molecule is O=C([O-])c1cc2nc(C3CC3)cc(C(F)(F)F)n2n1. The fraction of sp³-hybridized carbons (Fsp3) is 0.364. The van der Waals surface area contributed by atoms with Gasteiger partial charge in [0.2, 0.25) is 0 Å². The molecule has 1 saturated carbocycles. The summed E-state index contributed by atoms with van der Waals surface area (Å²) in [5.74, 6) is -1.61. The predicted molar refractivity (Wildman–Crippen MR) is 54.3 cm³/mol. The number of rotatable bonds is 2. The smallest absolute Gasteiger partial charge is 0.433 e. The molecule has 0 unspecified atom stereocenters. The van der Waals surface area contributed by atoms with Gasteiger partial charge >= 0.3 is 6.18 Å². The molecule has 1 aliphatic rings. The molecule has 0 aromatic carbocycles. The maximum Gasteiger partial charge on any atom is 0.433 e. The third kappa shape index (κ3) is 2.02. The van der Waals surface area contributed by atoms with Gasteiger partial charge in [-0.25, -0.2) is 9.50 Å². The fourth-order valence-electron chi connectivity index (χ4n) is 1.88. The summed E-state index contributed by atoms with van der Waals surface area (Å²) in [4.78, 5) is 14.7. The Morgan fingerprint density at radius 3 is 2.58 bits per heavy atom. The molecule has 3 rings (SSSR count). The molecular formula is C11H7F3N3O2-. The van der Waals surface area contributed by atoms with Crippen LogP contribution in [0.3, 0.4) is 0 Å². The number of fused-ring (bicyclic) bond motifs is 1. The van der Waals surface area contributed by atoms with Crippen molar-refractivity contribution in [3.8, 4) is 0 Å². The molecule has 8 heteroatoms. The summed E-state index contributed by atoms with van der Waals surface area (Å²) in [7, 11) is 0. The highest BCUT2D eigenvalue weighted by atomic mass is 19.4. The summed E-state index contributed by atoms with van der Waals surface area (Å²) >= 11 is 0. The summed E-state index contributed by atoms with van der Waals surface area (Å²) in [5, 5.41) is 14.0. The fourth-order valence-corrected chi connectivity index (χ4v) is 1.88. The minimum Gasteiger partial charge on any atom is -0.543 e. The normalized spacial score (nSPS) is 15.9. The number of carbonyl (C=O) groups is 1. The van der Waals surface area contributed by atoms with Crippen LogP contribution in [0.1, 0.15) is 40.6 Å². The molecule has 0 spiro atoms. The highest BCUT2D eigenvalue weighted by Crippen LogP contribution is 2.41. The van der Waals surface area contributed by atoms with Crippen LogP contribution in [0.15, 0.2) is 12.1 Å². The topological polar surface area (TPSA) is 70.3 Å². The van der Waals surface area contributed by atoms with Gasteiger partial charge in [0.1, 0.15) is 11.4 Å². The monoisotopic (exact) mass is 270 g/mol.